The van der Waals surface area contributed by atoms with Crippen LogP contribution in [0.4, 0.5) is 0 Å². The van der Waals surface area contributed by atoms with Crippen molar-refractivity contribution in [3.05, 3.63) is 70.2 Å². The molecule has 2 aromatic rings. The molecule has 1 atom stereocenters. The highest BCUT2D eigenvalue weighted by atomic mass is 79.9. The molecule has 0 aliphatic carbocycles. The quantitative estimate of drug-likeness (QED) is 0.769. The number of rotatable bonds is 7. The molecule has 132 valence electrons. The third-order valence-corrected chi connectivity index (χ3v) is 4.45. The van der Waals surface area contributed by atoms with Gasteiger partial charge < -0.3 is 10.2 Å². The van der Waals surface area contributed by atoms with Gasteiger partial charge in [-0.3, -0.25) is 9.59 Å². The fraction of sp³-hybridized carbons (Fsp3) is 0.300. The Hall–Kier alpha value is -2.14. The number of halogens is 1. The molecule has 4 nitrogen and oxygen atoms in total. The molecule has 1 N–H and O–H groups in total. The van der Waals surface area contributed by atoms with Crippen LogP contribution in [0.15, 0.2) is 59.1 Å². The molecule has 2 amide bonds. The minimum absolute atomic E-state index is 0.0649. The molecular formula is C20H23BrN2O2. The van der Waals surface area contributed by atoms with Crippen LogP contribution in [0.5, 0.6) is 0 Å². The number of hydrogen-bond donors (Lipinski definition) is 1. The van der Waals surface area contributed by atoms with Gasteiger partial charge in [0.05, 0.1) is 6.42 Å². The second-order valence-corrected chi connectivity index (χ2v) is 6.80. The van der Waals surface area contributed by atoms with E-state index < -0.39 is 6.04 Å². The number of nitrogens with zero attached hydrogens (tertiary/aromatic N) is 1. The Labute approximate surface area is 157 Å². The smallest absolute Gasteiger partial charge is 0.242 e. The molecule has 0 radical (unpaired) electrons. The Morgan fingerprint density at radius 1 is 1.08 bits per heavy atom. The monoisotopic (exact) mass is 402 g/mol. The summed E-state index contributed by atoms with van der Waals surface area (Å²) in [6.07, 6.45) is 0.276. The number of hydrogen-bond acceptors (Lipinski definition) is 2. The Morgan fingerprint density at radius 3 is 2.40 bits per heavy atom. The van der Waals surface area contributed by atoms with Crippen molar-refractivity contribution in [3.8, 4) is 0 Å². The normalized spacial score (nSPS) is 11.6. The van der Waals surface area contributed by atoms with Crippen LogP contribution < -0.4 is 5.32 Å². The molecule has 25 heavy (non-hydrogen) atoms. The van der Waals surface area contributed by atoms with Crippen LogP contribution in [0.25, 0.3) is 0 Å². The molecule has 0 saturated heterocycles. The summed E-state index contributed by atoms with van der Waals surface area (Å²) in [6, 6.07) is 16.8. The van der Waals surface area contributed by atoms with Gasteiger partial charge in [0.1, 0.15) is 6.04 Å². The van der Waals surface area contributed by atoms with Crippen molar-refractivity contribution in [2.45, 2.75) is 32.9 Å². The fourth-order valence-corrected chi connectivity index (χ4v) is 3.06. The van der Waals surface area contributed by atoms with Gasteiger partial charge in [-0.1, -0.05) is 58.4 Å². The molecular weight excluding hydrogens is 380 g/mol. The van der Waals surface area contributed by atoms with Crippen LogP contribution in [0.1, 0.15) is 25.0 Å². The second-order valence-electron chi connectivity index (χ2n) is 5.88. The third-order valence-electron chi connectivity index (χ3n) is 3.96. The highest BCUT2D eigenvalue weighted by molar-refractivity contribution is 9.10. The van der Waals surface area contributed by atoms with E-state index >= 15 is 0 Å². The summed E-state index contributed by atoms with van der Waals surface area (Å²) in [6.45, 7) is 4.57. The van der Waals surface area contributed by atoms with Crippen molar-refractivity contribution < 1.29 is 9.59 Å². The zero-order valence-electron chi connectivity index (χ0n) is 14.5. The molecule has 0 heterocycles. The topological polar surface area (TPSA) is 49.4 Å². The van der Waals surface area contributed by atoms with E-state index in [9.17, 15) is 9.59 Å². The highest BCUT2D eigenvalue weighted by Gasteiger charge is 2.25. The maximum absolute atomic E-state index is 12.9. The zero-order chi connectivity index (χ0) is 18.2. The van der Waals surface area contributed by atoms with Crippen molar-refractivity contribution in [3.63, 3.8) is 0 Å². The van der Waals surface area contributed by atoms with Gasteiger partial charge in [-0.2, -0.15) is 0 Å². The maximum atomic E-state index is 12.9. The number of carbonyl (C=O) groups excluding carboxylic acids is 2. The van der Waals surface area contributed by atoms with E-state index in [4.69, 9.17) is 0 Å². The zero-order valence-corrected chi connectivity index (χ0v) is 16.1. The van der Waals surface area contributed by atoms with Gasteiger partial charge in [-0.05, 0) is 37.1 Å². The van der Waals surface area contributed by atoms with Crippen LogP contribution in [-0.4, -0.2) is 29.3 Å². The van der Waals surface area contributed by atoms with E-state index in [-0.39, 0.29) is 18.2 Å². The van der Waals surface area contributed by atoms with Crippen molar-refractivity contribution in [2.24, 2.45) is 0 Å². The fourth-order valence-electron chi connectivity index (χ4n) is 2.61. The Balaban J connectivity index is 2.21. The number of carbonyl (C=O) groups is 2. The van der Waals surface area contributed by atoms with Crippen LogP contribution in [0, 0.1) is 0 Å². The van der Waals surface area contributed by atoms with Gasteiger partial charge in [0.15, 0.2) is 0 Å². The Kier molecular flexibility index (Phi) is 7.19. The van der Waals surface area contributed by atoms with E-state index in [0.29, 0.717) is 13.1 Å². The summed E-state index contributed by atoms with van der Waals surface area (Å²) in [5, 5.41) is 2.80. The molecule has 0 spiro atoms. The van der Waals surface area contributed by atoms with Gasteiger partial charge in [-0.15, -0.1) is 0 Å². The minimum atomic E-state index is -0.532. The number of likely N-dealkylation sites (N-methyl/N-ethyl adjacent to an activating group) is 1. The van der Waals surface area contributed by atoms with Gasteiger partial charge >= 0.3 is 0 Å². The first-order valence-corrected chi connectivity index (χ1v) is 9.16. The minimum Gasteiger partial charge on any atom is -0.355 e. The standard InChI is InChI=1S/C20H23BrN2O2/c1-3-22-20(25)15(2)23(14-17-10-7-11-18(21)12-17)19(24)13-16-8-5-4-6-9-16/h4-12,15H,3,13-14H2,1-2H3,(H,22,25)/t15-/m0/s1. The lowest BCUT2D eigenvalue weighted by molar-refractivity contribution is -0.140. The van der Waals surface area contributed by atoms with Crippen molar-refractivity contribution >= 4 is 27.7 Å². The van der Waals surface area contributed by atoms with Crippen molar-refractivity contribution in [1.82, 2.24) is 10.2 Å². The lowest BCUT2D eigenvalue weighted by Gasteiger charge is -2.29. The first-order chi connectivity index (χ1) is 12.0. The lowest BCUT2D eigenvalue weighted by atomic mass is 10.1. The summed E-state index contributed by atoms with van der Waals surface area (Å²) in [5.74, 6) is -0.205. The molecule has 2 aromatic carbocycles. The number of benzene rings is 2. The molecule has 5 heteroatoms. The van der Waals surface area contributed by atoms with Crippen LogP contribution in [-0.2, 0) is 22.6 Å². The van der Waals surface area contributed by atoms with Gasteiger partial charge in [0.25, 0.3) is 0 Å². The Morgan fingerprint density at radius 2 is 1.76 bits per heavy atom. The van der Waals surface area contributed by atoms with Gasteiger partial charge in [0.2, 0.25) is 11.8 Å². The summed E-state index contributed by atoms with van der Waals surface area (Å²) in [4.78, 5) is 26.8. The van der Waals surface area contributed by atoms with E-state index in [1.165, 1.54) is 0 Å². The van der Waals surface area contributed by atoms with Crippen molar-refractivity contribution in [2.75, 3.05) is 6.54 Å². The maximum Gasteiger partial charge on any atom is 0.242 e. The summed E-state index contributed by atoms with van der Waals surface area (Å²) in [5.41, 5.74) is 1.92. The molecule has 0 unspecified atom stereocenters. The molecule has 0 bridgehead atoms. The second kappa shape index (κ2) is 9.37. The average molecular weight is 403 g/mol. The third kappa shape index (κ3) is 5.71. The van der Waals surface area contributed by atoms with Crippen LogP contribution in [0.2, 0.25) is 0 Å². The highest BCUT2D eigenvalue weighted by Crippen LogP contribution is 2.16. The number of amides is 2. The predicted molar refractivity (Wildman–Crippen MR) is 103 cm³/mol. The average Bonchev–Trinajstić information content (AvgIpc) is 2.60. The molecule has 0 aliphatic rings. The van der Waals surface area contributed by atoms with E-state index in [1.807, 2.05) is 61.5 Å². The SMILES string of the molecule is CCNC(=O)[C@H](C)N(Cc1cccc(Br)c1)C(=O)Cc1ccccc1. The molecule has 0 fully saturated rings. The van der Waals surface area contributed by atoms with Crippen LogP contribution in [0.3, 0.4) is 0 Å². The van der Waals surface area contributed by atoms with E-state index in [1.54, 1.807) is 11.8 Å². The summed E-state index contributed by atoms with van der Waals surface area (Å²) >= 11 is 3.45. The first kappa shape index (κ1) is 19.2. The van der Waals surface area contributed by atoms with Gasteiger partial charge in [-0.25, -0.2) is 0 Å². The predicted octanol–water partition coefficient (Wildman–Crippen LogP) is 3.55. The molecule has 2 rings (SSSR count). The summed E-state index contributed by atoms with van der Waals surface area (Å²) in [7, 11) is 0. The van der Waals surface area contributed by atoms with E-state index in [2.05, 4.69) is 21.2 Å². The Bertz CT molecular complexity index is 719. The first-order valence-electron chi connectivity index (χ1n) is 8.36. The molecule has 0 aliphatic heterocycles. The lowest BCUT2D eigenvalue weighted by Crippen LogP contribution is -2.48. The number of nitrogens with one attached hydrogen (secondary N) is 1. The molecule has 0 aromatic heterocycles. The molecule has 0 saturated carbocycles. The van der Waals surface area contributed by atoms with E-state index in [0.717, 1.165) is 15.6 Å². The summed E-state index contributed by atoms with van der Waals surface area (Å²) < 4.78 is 0.950. The van der Waals surface area contributed by atoms with Gasteiger partial charge in [0, 0.05) is 17.6 Å². The van der Waals surface area contributed by atoms with Crippen molar-refractivity contribution in [1.29, 1.82) is 0 Å². The largest absolute Gasteiger partial charge is 0.355 e. The van der Waals surface area contributed by atoms with Crippen LogP contribution >= 0.6 is 15.9 Å².